The molecule has 0 bridgehead atoms. The molecule has 0 spiro atoms. The summed E-state index contributed by atoms with van der Waals surface area (Å²) in [4.78, 5) is 25.3. The second-order valence-corrected chi connectivity index (χ2v) is 4.98. The highest BCUT2D eigenvalue weighted by atomic mass is 16.6. The lowest BCUT2D eigenvalue weighted by Gasteiger charge is -2.25. The minimum absolute atomic E-state index is 0.362. The molecule has 6 heteroatoms. The van der Waals surface area contributed by atoms with Crippen LogP contribution in [0.1, 0.15) is 30.1 Å². The zero-order valence-corrected chi connectivity index (χ0v) is 12.7. The monoisotopic (exact) mass is 307 g/mol. The summed E-state index contributed by atoms with van der Waals surface area (Å²) in [6.45, 7) is 4.56. The highest BCUT2D eigenvalue weighted by Crippen LogP contribution is 2.15. The number of morpholine rings is 1. The maximum absolute atomic E-state index is 11.9. The van der Waals surface area contributed by atoms with Crippen LogP contribution in [0.2, 0.25) is 0 Å². The molecule has 1 amide bonds. The molecule has 1 aromatic carbocycles. The molecule has 0 aromatic heterocycles. The van der Waals surface area contributed by atoms with Gasteiger partial charge in [-0.25, -0.2) is 9.59 Å². The third kappa shape index (κ3) is 4.73. The maximum atomic E-state index is 11.9. The fourth-order valence-electron chi connectivity index (χ4n) is 1.96. The Morgan fingerprint density at radius 1 is 1.18 bits per heavy atom. The van der Waals surface area contributed by atoms with Crippen molar-refractivity contribution < 1.29 is 23.8 Å². The van der Waals surface area contributed by atoms with Gasteiger partial charge in [-0.3, -0.25) is 0 Å². The second kappa shape index (κ2) is 8.38. The van der Waals surface area contributed by atoms with Crippen molar-refractivity contribution in [2.24, 2.45) is 0 Å². The fraction of sp³-hybridized carbons (Fsp3) is 0.500. The van der Waals surface area contributed by atoms with Gasteiger partial charge in [0.05, 0.1) is 25.4 Å². The van der Waals surface area contributed by atoms with Crippen molar-refractivity contribution in [2.45, 2.75) is 19.8 Å². The number of nitrogens with zero attached hydrogens (tertiary/aromatic N) is 1. The molecule has 0 aliphatic carbocycles. The normalized spacial score (nSPS) is 14.5. The van der Waals surface area contributed by atoms with Gasteiger partial charge in [0.15, 0.2) is 0 Å². The van der Waals surface area contributed by atoms with Crippen LogP contribution >= 0.6 is 0 Å². The van der Waals surface area contributed by atoms with E-state index in [1.165, 1.54) is 0 Å². The van der Waals surface area contributed by atoms with Crippen molar-refractivity contribution in [3.8, 4) is 5.75 Å². The molecule has 1 saturated heterocycles. The first kappa shape index (κ1) is 16.3. The third-order valence-corrected chi connectivity index (χ3v) is 3.30. The van der Waals surface area contributed by atoms with Gasteiger partial charge in [-0.05, 0) is 30.7 Å². The van der Waals surface area contributed by atoms with E-state index in [4.69, 9.17) is 14.2 Å². The molecular formula is C16H21NO5. The van der Waals surface area contributed by atoms with E-state index in [0.717, 1.165) is 12.8 Å². The Morgan fingerprint density at radius 3 is 2.50 bits per heavy atom. The minimum atomic E-state index is -0.401. The Hall–Kier alpha value is -2.08. The number of carbonyl (C=O) groups excluding carboxylic acids is 2. The molecule has 1 fully saturated rings. The van der Waals surface area contributed by atoms with Gasteiger partial charge in [-0.1, -0.05) is 13.3 Å². The predicted octanol–water partition coefficient (Wildman–Crippen LogP) is 2.47. The summed E-state index contributed by atoms with van der Waals surface area (Å²) in [6.07, 6.45) is 1.42. The molecule has 0 N–H and O–H groups in total. The summed E-state index contributed by atoms with van der Waals surface area (Å²) in [5, 5.41) is 0. The number of benzene rings is 1. The summed E-state index contributed by atoms with van der Waals surface area (Å²) in [5.41, 5.74) is 0.447. The van der Waals surface area contributed by atoms with E-state index in [-0.39, 0.29) is 5.97 Å². The third-order valence-electron chi connectivity index (χ3n) is 3.30. The number of rotatable bonds is 5. The van der Waals surface area contributed by atoms with Crippen molar-refractivity contribution in [1.29, 1.82) is 0 Å². The standard InChI is InChI=1S/C16H21NO5/c1-2-3-10-21-15(18)13-4-6-14(7-5-13)22-16(19)17-8-11-20-12-9-17/h4-7H,2-3,8-12H2,1H3. The van der Waals surface area contributed by atoms with E-state index in [0.29, 0.717) is 44.2 Å². The highest BCUT2D eigenvalue weighted by Gasteiger charge is 2.18. The van der Waals surface area contributed by atoms with Crippen LogP contribution in [0.5, 0.6) is 5.75 Å². The van der Waals surface area contributed by atoms with Crippen LogP contribution in [-0.2, 0) is 9.47 Å². The van der Waals surface area contributed by atoms with Crippen molar-refractivity contribution in [3.63, 3.8) is 0 Å². The van der Waals surface area contributed by atoms with Gasteiger partial charge >= 0.3 is 12.1 Å². The summed E-state index contributed by atoms with van der Waals surface area (Å²) in [6, 6.07) is 6.37. The largest absolute Gasteiger partial charge is 0.462 e. The van der Waals surface area contributed by atoms with E-state index in [9.17, 15) is 9.59 Å². The van der Waals surface area contributed by atoms with Crippen molar-refractivity contribution in [3.05, 3.63) is 29.8 Å². The molecule has 1 aliphatic rings. The first-order valence-electron chi connectivity index (χ1n) is 7.52. The Morgan fingerprint density at radius 2 is 1.86 bits per heavy atom. The van der Waals surface area contributed by atoms with Crippen LogP contribution in [0.15, 0.2) is 24.3 Å². The molecule has 0 unspecified atom stereocenters. The molecule has 6 nitrogen and oxygen atoms in total. The zero-order valence-electron chi connectivity index (χ0n) is 12.7. The van der Waals surface area contributed by atoms with E-state index in [1.54, 1.807) is 29.2 Å². The molecule has 22 heavy (non-hydrogen) atoms. The second-order valence-electron chi connectivity index (χ2n) is 4.98. The Balaban J connectivity index is 1.85. The van der Waals surface area contributed by atoms with E-state index in [1.807, 2.05) is 6.92 Å². The van der Waals surface area contributed by atoms with Gasteiger partial charge < -0.3 is 19.1 Å². The molecule has 0 atom stereocenters. The summed E-state index contributed by atoms with van der Waals surface area (Å²) >= 11 is 0. The molecule has 1 heterocycles. The smallest absolute Gasteiger partial charge is 0.415 e. The van der Waals surface area contributed by atoms with Crippen LogP contribution < -0.4 is 4.74 Å². The average Bonchev–Trinajstić information content (AvgIpc) is 2.56. The van der Waals surface area contributed by atoms with Crippen molar-refractivity contribution >= 4 is 12.1 Å². The molecule has 0 saturated carbocycles. The first-order chi connectivity index (χ1) is 10.7. The lowest BCUT2D eigenvalue weighted by molar-refractivity contribution is 0.0416. The van der Waals surface area contributed by atoms with E-state index < -0.39 is 6.09 Å². The van der Waals surface area contributed by atoms with Crippen molar-refractivity contribution in [2.75, 3.05) is 32.9 Å². The Labute approximate surface area is 129 Å². The lowest BCUT2D eigenvalue weighted by Crippen LogP contribution is -2.42. The van der Waals surface area contributed by atoms with Crippen LogP contribution in [0.3, 0.4) is 0 Å². The average molecular weight is 307 g/mol. The Kier molecular flexibility index (Phi) is 6.21. The number of carbonyl (C=O) groups is 2. The van der Waals surface area contributed by atoms with Crippen LogP contribution in [0.4, 0.5) is 4.79 Å². The van der Waals surface area contributed by atoms with Crippen LogP contribution in [0.25, 0.3) is 0 Å². The van der Waals surface area contributed by atoms with Crippen molar-refractivity contribution in [1.82, 2.24) is 4.90 Å². The molecule has 0 radical (unpaired) electrons. The maximum Gasteiger partial charge on any atom is 0.415 e. The number of hydrogen-bond acceptors (Lipinski definition) is 5. The van der Waals surface area contributed by atoms with E-state index >= 15 is 0 Å². The van der Waals surface area contributed by atoms with Crippen LogP contribution in [0, 0.1) is 0 Å². The quantitative estimate of drug-likeness (QED) is 0.617. The number of amides is 1. The minimum Gasteiger partial charge on any atom is -0.462 e. The topological polar surface area (TPSA) is 65.1 Å². The number of hydrogen-bond donors (Lipinski definition) is 0. The van der Waals surface area contributed by atoms with Gasteiger partial charge in [0.25, 0.3) is 0 Å². The van der Waals surface area contributed by atoms with Crippen LogP contribution in [-0.4, -0.2) is 49.9 Å². The first-order valence-corrected chi connectivity index (χ1v) is 7.52. The molecule has 1 aromatic rings. The van der Waals surface area contributed by atoms with Gasteiger partial charge in [0, 0.05) is 13.1 Å². The molecular weight excluding hydrogens is 286 g/mol. The molecule has 1 aliphatic heterocycles. The zero-order chi connectivity index (χ0) is 15.8. The number of ether oxygens (including phenoxy) is 3. The van der Waals surface area contributed by atoms with E-state index in [2.05, 4.69) is 0 Å². The fourth-order valence-corrected chi connectivity index (χ4v) is 1.96. The Bertz CT molecular complexity index is 494. The number of unbranched alkanes of at least 4 members (excludes halogenated alkanes) is 1. The van der Waals surface area contributed by atoms with Gasteiger partial charge in [-0.15, -0.1) is 0 Å². The van der Waals surface area contributed by atoms with Gasteiger partial charge in [-0.2, -0.15) is 0 Å². The van der Waals surface area contributed by atoms with Gasteiger partial charge in [0.1, 0.15) is 5.75 Å². The van der Waals surface area contributed by atoms with Gasteiger partial charge in [0.2, 0.25) is 0 Å². The molecule has 2 rings (SSSR count). The number of esters is 1. The lowest BCUT2D eigenvalue weighted by atomic mass is 10.2. The SMILES string of the molecule is CCCCOC(=O)c1ccc(OC(=O)N2CCOCC2)cc1. The predicted molar refractivity (Wildman–Crippen MR) is 80.0 cm³/mol. The highest BCUT2D eigenvalue weighted by molar-refractivity contribution is 5.89. The summed E-state index contributed by atoms with van der Waals surface area (Å²) < 4.78 is 15.6. The molecule has 120 valence electrons. The summed E-state index contributed by atoms with van der Waals surface area (Å²) in [5.74, 6) is 0.0427. The summed E-state index contributed by atoms with van der Waals surface area (Å²) in [7, 11) is 0.